The molecular formula is C22H24FN3O3. The van der Waals surface area contributed by atoms with Crippen LogP contribution >= 0.6 is 0 Å². The molecule has 0 bridgehead atoms. The van der Waals surface area contributed by atoms with Crippen molar-refractivity contribution in [2.45, 2.75) is 33.2 Å². The van der Waals surface area contributed by atoms with Crippen molar-refractivity contribution in [3.63, 3.8) is 0 Å². The second-order valence-electron chi connectivity index (χ2n) is 7.14. The first kappa shape index (κ1) is 19.4. The van der Waals surface area contributed by atoms with Crippen molar-refractivity contribution in [1.29, 1.82) is 0 Å². The Hall–Kier alpha value is -2.93. The lowest BCUT2D eigenvalue weighted by Gasteiger charge is -2.20. The Bertz CT molecular complexity index is 989. The van der Waals surface area contributed by atoms with Crippen LogP contribution in [-0.2, 0) is 13.0 Å². The van der Waals surface area contributed by atoms with Crippen LogP contribution in [0.2, 0.25) is 0 Å². The van der Waals surface area contributed by atoms with E-state index in [9.17, 15) is 4.39 Å². The first-order valence-electron chi connectivity index (χ1n) is 9.82. The quantitative estimate of drug-likeness (QED) is 0.563. The first-order chi connectivity index (χ1) is 14.1. The molecule has 0 radical (unpaired) electrons. The average molecular weight is 397 g/mol. The van der Waals surface area contributed by atoms with E-state index in [4.69, 9.17) is 14.0 Å². The Morgan fingerprint density at radius 1 is 1.10 bits per heavy atom. The molecule has 1 aliphatic rings. The predicted molar refractivity (Wildman–Crippen MR) is 106 cm³/mol. The summed E-state index contributed by atoms with van der Waals surface area (Å²) in [4.78, 5) is 6.76. The molecule has 2 aromatic carbocycles. The van der Waals surface area contributed by atoms with E-state index in [1.54, 1.807) is 19.1 Å². The van der Waals surface area contributed by atoms with Gasteiger partial charge in [0, 0.05) is 18.5 Å². The highest BCUT2D eigenvalue weighted by Crippen LogP contribution is 2.32. The summed E-state index contributed by atoms with van der Waals surface area (Å²) in [6.45, 7) is 6.84. The van der Waals surface area contributed by atoms with Gasteiger partial charge in [-0.05, 0) is 55.8 Å². The molecule has 0 fully saturated rings. The van der Waals surface area contributed by atoms with E-state index in [-0.39, 0.29) is 12.6 Å². The van der Waals surface area contributed by atoms with Gasteiger partial charge < -0.3 is 14.0 Å². The highest BCUT2D eigenvalue weighted by molar-refractivity contribution is 5.54. The number of benzene rings is 2. The van der Waals surface area contributed by atoms with Gasteiger partial charge >= 0.3 is 0 Å². The molecule has 2 heterocycles. The number of rotatable bonds is 8. The average Bonchev–Trinajstić information content (AvgIpc) is 3.38. The normalized spacial score (nSPS) is 12.7. The fourth-order valence-electron chi connectivity index (χ4n) is 3.31. The molecule has 29 heavy (non-hydrogen) atoms. The SMILES string of the molecule is CCN(CCCc1nc(-c2ccc(C)c(F)c2)no1)Cc1ccc2c(c1)OCO2. The van der Waals surface area contributed by atoms with Gasteiger partial charge in [-0.2, -0.15) is 4.98 Å². The van der Waals surface area contributed by atoms with Gasteiger partial charge in [0.05, 0.1) is 0 Å². The van der Waals surface area contributed by atoms with Crippen molar-refractivity contribution >= 4 is 0 Å². The predicted octanol–water partition coefficient (Wildman–Crippen LogP) is 4.37. The molecule has 0 saturated heterocycles. The van der Waals surface area contributed by atoms with Crippen molar-refractivity contribution in [1.82, 2.24) is 15.0 Å². The van der Waals surface area contributed by atoms with E-state index >= 15 is 0 Å². The maximum Gasteiger partial charge on any atom is 0.231 e. The van der Waals surface area contributed by atoms with E-state index < -0.39 is 0 Å². The maximum atomic E-state index is 13.7. The first-order valence-corrected chi connectivity index (χ1v) is 9.82. The summed E-state index contributed by atoms with van der Waals surface area (Å²) in [5.41, 5.74) is 2.42. The Morgan fingerprint density at radius 2 is 1.97 bits per heavy atom. The van der Waals surface area contributed by atoms with Crippen LogP contribution in [-0.4, -0.2) is 34.9 Å². The van der Waals surface area contributed by atoms with Gasteiger partial charge in [-0.15, -0.1) is 0 Å². The summed E-state index contributed by atoms with van der Waals surface area (Å²) >= 11 is 0. The number of halogens is 1. The van der Waals surface area contributed by atoms with Gasteiger partial charge in [-0.1, -0.05) is 30.3 Å². The highest BCUT2D eigenvalue weighted by atomic mass is 19.1. The van der Waals surface area contributed by atoms with Crippen LogP contribution in [0, 0.1) is 12.7 Å². The standard InChI is InChI=1S/C22H24FN3O3/c1-3-26(13-16-7-9-19-20(11-16)28-14-27-19)10-4-5-21-24-22(25-29-21)17-8-6-15(2)18(23)12-17/h6-9,11-12H,3-5,10,13-14H2,1-2H3. The molecule has 4 rings (SSSR count). The van der Waals surface area contributed by atoms with E-state index in [1.807, 2.05) is 12.1 Å². The monoisotopic (exact) mass is 397 g/mol. The van der Waals surface area contributed by atoms with E-state index in [1.165, 1.54) is 11.6 Å². The number of ether oxygens (including phenoxy) is 2. The Labute approximate surface area is 169 Å². The molecule has 0 unspecified atom stereocenters. The zero-order chi connectivity index (χ0) is 20.2. The second-order valence-corrected chi connectivity index (χ2v) is 7.14. The van der Waals surface area contributed by atoms with Crippen LogP contribution in [0.4, 0.5) is 4.39 Å². The lowest BCUT2D eigenvalue weighted by molar-refractivity contribution is 0.174. The maximum absolute atomic E-state index is 13.7. The molecule has 6 nitrogen and oxygen atoms in total. The smallest absolute Gasteiger partial charge is 0.231 e. The largest absolute Gasteiger partial charge is 0.454 e. The van der Waals surface area contributed by atoms with Crippen LogP contribution < -0.4 is 9.47 Å². The van der Waals surface area contributed by atoms with Crippen molar-refractivity contribution in [2.75, 3.05) is 19.9 Å². The van der Waals surface area contributed by atoms with Crippen LogP contribution in [0.3, 0.4) is 0 Å². The van der Waals surface area contributed by atoms with E-state index in [0.717, 1.165) is 37.6 Å². The second kappa shape index (κ2) is 8.61. The summed E-state index contributed by atoms with van der Waals surface area (Å²) in [6, 6.07) is 11.0. The Balaban J connectivity index is 1.31. The molecule has 0 atom stereocenters. The number of aryl methyl sites for hydroxylation is 2. The molecule has 1 aliphatic heterocycles. The zero-order valence-electron chi connectivity index (χ0n) is 16.7. The number of hydrogen-bond acceptors (Lipinski definition) is 6. The number of aromatic nitrogens is 2. The summed E-state index contributed by atoms with van der Waals surface area (Å²) in [6.07, 6.45) is 1.57. The summed E-state index contributed by atoms with van der Waals surface area (Å²) in [7, 11) is 0. The van der Waals surface area contributed by atoms with E-state index in [2.05, 4.69) is 28.0 Å². The third kappa shape index (κ3) is 4.56. The molecule has 0 spiro atoms. The van der Waals surface area contributed by atoms with Gasteiger partial charge in [-0.25, -0.2) is 4.39 Å². The molecule has 152 valence electrons. The van der Waals surface area contributed by atoms with Gasteiger partial charge in [-0.3, -0.25) is 4.90 Å². The molecule has 3 aromatic rings. The van der Waals surface area contributed by atoms with Gasteiger partial charge in [0.2, 0.25) is 18.5 Å². The van der Waals surface area contributed by atoms with E-state index in [0.29, 0.717) is 29.3 Å². The molecular weight excluding hydrogens is 373 g/mol. The van der Waals surface area contributed by atoms with Crippen molar-refractivity contribution in [3.05, 3.63) is 59.2 Å². The van der Waals surface area contributed by atoms with Crippen LogP contribution in [0.15, 0.2) is 40.9 Å². The highest BCUT2D eigenvalue weighted by Gasteiger charge is 2.15. The fourth-order valence-corrected chi connectivity index (χ4v) is 3.31. The summed E-state index contributed by atoms with van der Waals surface area (Å²) < 4.78 is 29.9. The minimum absolute atomic E-state index is 0.268. The van der Waals surface area contributed by atoms with Crippen LogP contribution in [0.1, 0.15) is 30.4 Å². The minimum atomic E-state index is -0.268. The van der Waals surface area contributed by atoms with Gasteiger partial charge in [0.15, 0.2) is 11.5 Å². The van der Waals surface area contributed by atoms with Crippen molar-refractivity contribution in [2.24, 2.45) is 0 Å². The summed E-state index contributed by atoms with van der Waals surface area (Å²) in [5.74, 6) is 2.34. The molecule has 0 saturated carbocycles. The molecule has 0 aliphatic carbocycles. The molecule has 0 amide bonds. The number of hydrogen-bond donors (Lipinski definition) is 0. The molecule has 1 aromatic heterocycles. The molecule has 0 N–H and O–H groups in total. The third-order valence-electron chi connectivity index (χ3n) is 5.05. The number of fused-ring (bicyclic) bond motifs is 1. The molecule has 7 heteroatoms. The lowest BCUT2D eigenvalue weighted by Crippen LogP contribution is -2.24. The van der Waals surface area contributed by atoms with Crippen molar-refractivity contribution < 1.29 is 18.4 Å². The zero-order valence-corrected chi connectivity index (χ0v) is 16.7. The Morgan fingerprint density at radius 3 is 2.79 bits per heavy atom. The fraction of sp³-hybridized carbons (Fsp3) is 0.364. The van der Waals surface area contributed by atoms with Gasteiger partial charge in [0.1, 0.15) is 5.82 Å². The van der Waals surface area contributed by atoms with Crippen LogP contribution in [0.25, 0.3) is 11.4 Å². The van der Waals surface area contributed by atoms with Crippen molar-refractivity contribution in [3.8, 4) is 22.9 Å². The van der Waals surface area contributed by atoms with Crippen LogP contribution in [0.5, 0.6) is 11.5 Å². The Kier molecular flexibility index (Phi) is 5.76. The topological polar surface area (TPSA) is 60.6 Å². The third-order valence-corrected chi connectivity index (χ3v) is 5.05. The minimum Gasteiger partial charge on any atom is -0.454 e. The number of nitrogens with zero attached hydrogens (tertiary/aromatic N) is 3. The van der Waals surface area contributed by atoms with Gasteiger partial charge in [0.25, 0.3) is 0 Å². The summed E-state index contributed by atoms with van der Waals surface area (Å²) in [5, 5.41) is 3.98. The lowest BCUT2D eigenvalue weighted by atomic mass is 10.1.